The summed E-state index contributed by atoms with van der Waals surface area (Å²) in [6, 6.07) is 6.14. The first-order valence-electron chi connectivity index (χ1n) is 7.24. The van der Waals surface area contributed by atoms with Gasteiger partial charge in [-0.05, 0) is 31.6 Å². The van der Waals surface area contributed by atoms with E-state index in [2.05, 4.69) is 49.9 Å². The first-order valence-corrected chi connectivity index (χ1v) is 7.24. The van der Waals surface area contributed by atoms with Crippen LogP contribution in [0.1, 0.15) is 19.4 Å². The van der Waals surface area contributed by atoms with Crippen LogP contribution in [0.4, 0.5) is 5.69 Å². The Balaban J connectivity index is 3.03. The maximum atomic E-state index is 5.89. The molecule has 4 nitrogen and oxygen atoms in total. The molecule has 0 aliphatic heterocycles. The molecule has 0 saturated heterocycles. The highest BCUT2D eigenvalue weighted by atomic mass is 16.5. The van der Waals surface area contributed by atoms with Gasteiger partial charge in [0.25, 0.3) is 0 Å². The van der Waals surface area contributed by atoms with E-state index in [4.69, 9.17) is 10.5 Å². The van der Waals surface area contributed by atoms with Crippen LogP contribution >= 0.6 is 0 Å². The number of hydrogen-bond donors (Lipinski definition) is 1. The lowest BCUT2D eigenvalue weighted by molar-refractivity contribution is 0.406. The number of ether oxygens (including phenoxy) is 1. The Morgan fingerprint density at radius 1 is 1.20 bits per heavy atom. The standard InChI is InChI=1S/C16H29N3O/c1-13(2)12-19(9-8-18(3)4)16-10-15(20-5)7-6-14(16)11-17/h6-7,10,13H,8-9,11-12,17H2,1-5H3. The topological polar surface area (TPSA) is 41.7 Å². The van der Waals surface area contributed by atoms with Crippen molar-refractivity contribution >= 4 is 5.69 Å². The summed E-state index contributed by atoms with van der Waals surface area (Å²) >= 11 is 0. The highest BCUT2D eigenvalue weighted by Crippen LogP contribution is 2.26. The molecule has 114 valence electrons. The third-order valence-corrected chi connectivity index (χ3v) is 3.26. The summed E-state index contributed by atoms with van der Waals surface area (Å²) in [7, 11) is 5.90. The third kappa shape index (κ3) is 5.02. The van der Waals surface area contributed by atoms with Crippen molar-refractivity contribution in [2.45, 2.75) is 20.4 Å². The van der Waals surface area contributed by atoms with Gasteiger partial charge in [0.05, 0.1) is 7.11 Å². The van der Waals surface area contributed by atoms with Crippen molar-refractivity contribution in [3.05, 3.63) is 23.8 Å². The Kier molecular flexibility index (Phi) is 6.82. The van der Waals surface area contributed by atoms with Crippen LogP contribution in [0.5, 0.6) is 5.75 Å². The number of nitrogens with zero attached hydrogens (tertiary/aromatic N) is 2. The van der Waals surface area contributed by atoms with E-state index >= 15 is 0 Å². The monoisotopic (exact) mass is 279 g/mol. The summed E-state index contributed by atoms with van der Waals surface area (Å²) in [6.07, 6.45) is 0. The van der Waals surface area contributed by atoms with Crippen molar-refractivity contribution in [3.63, 3.8) is 0 Å². The summed E-state index contributed by atoms with van der Waals surface area (Å²) < 4.78 is 5.36. The zero-order chi connectivity index (χ0) is 15.1. The number of nitrogens with two attached hydrogens (primary N) is 1. The Morgan fingerprint density at radius 2 is 1.90 bits per heavy atom. The van der Waals surface area contributed by atoms with E-state index in [0.717, 1.165) is 25.4 Å². The number of likely N-dealkylation sites (N-methyl/N-ethyl adjacent to an activating group) is 1. The van der Waals surface area contributed by atoms with E-state index in [1.807, 2.05) is 6.07 Å². The normalized spacial score (nSPS) is 11.2. The molecule has 0 fully saturated rings. The molecule has 0 bridgehead atoms. The predicted octanol–water partition coefficient (Wildman–Crippen LogP) is 2.18. The van der Waals surface area contributed by atoms with Gasteiger partial charge < -0.3 is 20.3 Å². The summed E-state index contributed by atoms with van der Waals surface area (Å²) in [5.74, 6) is 1.49. The van der Waals surface area contributed by atoms with Gasteiger partial charge in [0, 0.05) is 37.9 Å². The minimum atomic E-state index is 0.551. The van der Waals surface area contributed by atoms with E-state index < -0.39 is 0 Å². The molecule has 0 unspecified atom stereocenters. The largest absolute Gasteiger partial charge is 0.497 e. The molecule has 1 aromatic carbocycles. The van der Waals surface area contributed by atoms with Crippen molar-refractivity contribution in [2.24, 2.45) is 11.7 Å². The van der Waals surface area contributed by atoms with Crippen LogP contribution in [0.15, 0.2) is 18.2 Å². The lowest BCUT2D eigenvalue weighted by atomic mass is 10.1. The zero-order valence-electron chi connectivity index (χ0n) is 13.5. The third-order valence-electron chi connectivity index (χ3n) is 3.26. The molecule has 1 rings (SSSR count). The average Bonchev–Trinajstić information content (AvgIpc) is 2.42. The van der Waals surface area contributed by atoms with Gasteiger partial charge in [0.2, 0.25) is 0 Å². The highest BCUT2D eigenvalue weighted by molar-refractivity contribution is 5.57. The molecule has 0 aliphatic rings. The molecule has 2 N–H and O–H groups in total. The summed E-state index contributed by atoms with van der Waals surface area (Å²) in [4.78, 5) is 4.62. The zero-order valence-corrected chi connectivity index (χ0v) is 13.5. The molecule has 4 heteroatoms. The SMILES string of the molecule is COc1ccc(CN)c(N(CCN(C)C)CC(C)C)c1. The summed E-state index contributed by atoms with van der Waals surface area (Å²) in [6.45, 7) is 8.07. The number of benzene rings is 1. The fourth-order valence-corrected chi connectivity index (χ4v) is 2.21. The molecule has 0 aromatic heterocycles. The van der Waals surface area contributed by atoms with E-state index in [9.17, 15) is 0 Å². The van der Waals surface area contributed by atoms with Crippen molar-refractivity contribution in [2.75, 3.05) is 45.7 Å². The van der Waals surface area contributed by atoms with Gasteiger partial charge >= 0.3 is 0 Å². The molecule has 0 saturated carbocycles. The van der Waals surface area contributed by atoms with Gasteiger partial charge in [0.1, 0.15) is 5.75 Å². The van der Waals surface area contributed by atoms with Crippen molar-refractivity contribution < 1.29 is 4.74 Å². The molecule has 1 aromatic rings. The van der Waals surface area contributed by atoms with Crippen LogP contribution in [0, 0.1) is 5.92 Å². The van der Waals surface area contributed by atoms with E-state index in [-0.39, 0.29) is 0 Å². The Labute approximate surface area is 123 Å². The number of rotatable bonds is 8. The highest BCUT2D eigenvalue weighted by Gasteiger charge is 2.13. The number of hydrogen-bond acceptors (Lipinski definition) is 4. The Hall–Kier alpha value is -1.26. The van der Waals surface area contributed by atoms with E-state index in [1.54, 1.807) is 7.11 Å². The molecule has 0 radical (unpaired) electrons. The van der Waals surface area contributed by atoms with Crippen LogP contribution in [-0.2, 0) is 6.54 Å². The Bertz CT molecular complexity index is 405. The van der Waals surface area contributed by atoms with Crippen molar-refractivity contribution in [1.82, 2.24) is 4.90 Å². The fourth-order valence-electron chi connectivity index (χ4n) is 2.21. The number of methoxy groups -OCH3 is 1. The molecule has 0 aliphatic carbocycles. The van der Waals surface area contributed by atoms with Crippen LogP contribution in [0.2, 0.25) is 0 Å². The lowest BCUT2D eigenvalue weighted by Gasteiger charge is -2.30. The predicted molar refractivity (Wildman–Crippen MR) is 86.5 cm³/mol. The molecular formula is C16H29N3O. The molecule has 0 amide bonds. The first-order chi connectivity index (χ1) is 9.47. The minimum Gasteiger partial charge on any atom is -0.497 e. The first kappa shape index (κ1) is 16.8. The molecule has 20 heavy (non-hydrogen) atoms. The van der Waals surface area contributed by atoms with Crippen LogP contribution in [0.3, 0.4) is 0 Å². The van der Waals surface area contributed by atoms with Gasteiger partial charge in [-0.15, -0.1) is 0 Å². The summed E-state index contributed by atoms with van der Waals surface area (Å²) in [5.41, 5.74) is 8.26. The van der Waals surface area contributed by atoms with Crippen LogP contribution < -0.4 is 15.4 Å². The van der Waals surface area contributed by atoms with E-state index in [1.165, 1.54) is 11.3 Å². The second-order valence-electron chi connectivity index (χ2n) is 5.84. The smallest absolute Gasteiger partial charge is 0.120 e. The van der Waals surface area contributed by atoms with Crippen LogP contribution in [-0.4, -0.2) is 45.7 Å². The minimum absolute atomic E-state index is 0.551. The van der Waals surface area contributed by atoms with Crippen LogP contribution in [0.25, 0.3) is 0 Å². The van der Waals surface area contributed by atoms with E-state index in [0.29, 0.717) is 12.5 Å². The average molecular weight is 279 g/mol. The Morgan fingerprint density at radius 3 is 2.40 bits per heavy atom. The van der Waals surface area contributed by atoms with Crippen molar-refractivity contribution in [3.8, 4) is 5.75 Å². The molecular weight excluding hydrogens is 250 g/mol. The second-order valence-corrected chi connectivity index (χ2v) is 5.84. The van der Waals surface area contributed by atoms with Crippen molar-refractivity contribution in [1.29, 1.82) is 0 Å². The lowest BCUT2D eigenvalue weighted by Crippen LogP contribution is -2.35. The van der Waals surface area contributed by atoms with Gasteiger partial charge in [-0.25, -0.2) is 0 Å². The maximum Gasteiger partial charge on any atom is 0.120 e. The van der Waals surface area contributed by atoms with Gasteiger partial charge in [-0.3, -0.25) is 0 Å². The van der Waals surface area contributed by atoms with Gasteiger partial charge in [-0.2, -0.15) is 0 Å². The maximum absolute atomic E-state index is 5.89. The second kappa shape index (κ2) is 8.12. The quantitative estimate of drug-likeness (QED) is 0.792. The number of anilines is 1. The molecule has 0 atom stereocenters. The molecule has 0 heterocycles. The molecule has 0 spiro atoms. The van der Waals surface area contributed by atoms with Gasteiger partial charge in [-0.1, -0.05) is 19.9 Å². The van der Waals surface area contributed by atoms with Gasteiger partial charge in [0.15, 0.2) is 0 Å². The fraction of sp³-hybridized carbons (Fsp3) is 0.625. The summed E-state index contributed by atoms with van der Waals surface area (Å²) in [5, 5.41) is 0.